The lowest BCUT2D eigenvalue weighted by Gasteiger charge is -2.24. The average Bonchev–Trinajstić information content (AvgIpc) is 2.37. The van der Waals surface area contributed by atoms with Crippen LogP contribution in [0, 0.1) is 15.9 Å². The number of para-hydroxylation sites is 1. The third-order valence-electron chi connectivity index (χ3n) is 3.12. The van der Waals surface area contributed by atoms with Crippen LogP contribution >= 0.6 is 0 Å². The van der Waals surface area contributed by atoms with Gasteiger partial charge in [-0.15, -0.1) is 0 Å². The van der Waals surface area contributed by atoms with Gasteiger partial charge < -0.3 is 10.6 Å². The smallest absolute Gasteiger partial charge is 0.327 e. The molecule has 1 unspecified atom stereocenters. The van der Waals surface area contributed by atoms with Crippen molar-refractivity contribution >= 4 is 11.4 Å². The van der Waals surface area contributed by atoms with Crippen LogP contribution in [0.25, 0.3) is 0 Å². The summed E-state index contributed by atoms with van der Waals surface area (Å²) in [7, 11) is 0. The van der Waals surface area contributed by atoms with Crippen LogP contribution in [0.5, 0.6) is 0 Å². The van der Waals surface area contributed by atoms with Crippen molar-refractivity contribution in [2.45, 2.75) is 25.3 Å². The number of hydrogen-bond acceptors (Lipinski definition) is 4. The number of hydrogen-bond donors (Lipinski definition) is 2. The third kappa shape index (κ3) is 2.95. The molecule has 0 bridgehead atoms. The lowest BCUT2D eigenvalue weighted by atomic mass is 10.1. The van der Waals surface area contributed by atoms with Crippen LogP contribution in [-0.2, 0) is 0 Å². The van der Waals surface area contributed by atoms with E-state index in [2.05, 4.69) is 10.6 Å². The second-order valence-corrected chi connectivity index (χ2v) is 4.42. The molecule has 1 atom stereocenters. The summed E-state index contributed by atoms with van der Waals surface area (Å²) >= 11 is 0. The second-order valence-electron chi connectivity index (χ2n) is 4.42. The molecular weight excluding hydrogens is 237 g/mol. The van der Waals surface area contributed by atoms with Gasteiger partial charge >= 0.3 is 5.69 Å². The molecule has 2 rings (SSSR count). The van der Waals surface area contributed by atoms with E-state index in [1.807, 2.05) is 0 Å². The summed E-state index contributed by atoms with van der Waals surface area (Å²) in [5, 5.41) is 17.1. The van der Waals surface area contributed by atoms with Gasteiger partial charge in [-0.25, -0.2) is 0 Å². The van der Waals surface area contributed by atoms with Crippen LogP contribution in [0.15, 0.2) is 18.2 Å². The van der Waals surface area contributed by atoms with Gasteiger partial charge in [0.25, 0.3) is 0 Å². The molecule has 18 heavy (non-hydrogen) atoms. The Morgan fingerprint density at radius 1 is 1.50 bits per heavy atom. The molecule has 0 spiro atoms. The van der Waals surface area contributed by atoms with Crippen molar-refractivity contribution < 1.29 is 9.31 Å². The number of halogens is 1. The van der Waals surface area contributed by atoms with E-state index in [9.17, 15) is 14.5 Å². The molecule has 2 N–H and O–H groups in total. The standard InChI is InChI=1S/C12H16FN3O2/c13-10-5-3-6-11(12(10)16(17)18)15-8-9-4-1-2-7-14-9/h3,5-6,9,14-15H,1-2,4,7-8H2. The molecule has 6 heteroatoms. The largest absolute Gasteiger partial charge is 0.378 e. The fourth-order valence-corrected chi connectivity index (χ4v) is 2.17. The summed E-state index contributed by atoms with van der Waals surface area (Å²) in [5.41, 5.74) is -0.235. The Balaban J connectivity index is 2.04. The van der Waals surface area contributed by atoms with Crippen molar-refractivity contribution in [3.05, 3.63) is 34.1 Å². The van der Waals surface area contributed by atoms with Gasteiger partial charge in [0.05, 0.1) is 4.92 Å². The fourth-order valence-electron chi connectivity index (χ4n) is 2.17. The topological polar surface area (TPSA) is 67.2 Å². The SMILES string of the molecule is O=[N+]([O-])c1c(F)cccc1NCC1CCCCN1. The molecule has 1 aliphatic heterocycles. The minimum atomic E-state index is -0.804. The summed E-state index contributed by atoms with van der Waals surface area (Å²) in [5.74, 6) is -0.804. The summed E-state index contributed by atoms with van der Waals surface area (Å²) < 4.78 is 13.4. The quantitative estimate of drug-likeness (QED) is 0.638. The highest BCUT2D eigenvalue weighted by Crippen LogP contribution is 2.27. The van der Waals surface area contributed by atoms with E-state index >= 15 is 0 Å². The number of anilines is 1. The Bertz CT molecular complexity index is 433. The number of nitrogens with zero attached hydrogens (tertiary/aromatic N) is 1. The normalized spacial score (nSPS) is 19.5. The van der Waals surface area contributed by atoms with E-state index in [1.54, 1.807) is 0 Å². The number of rotatable bonds is 4. The van der Waals surface area contributed by atoms with Crippen molar-refractivity contribution in [2.75, 3.05) is 18.4 Å². The first kappa shape index (κ1) is 12.8. The number of nitro groups is 1. The number of nitrogens with one attached hydrogen (secondary N) is 2. The number of piperidine rings is 1. The summed E-state index contributed by atoms with van der Waals surface area (Å²) in [6.45, 7) is 1.54. The van der Waals surface area contributed by atoms with Crippen LogP contribution in [0.4, 0.5) is 15.8 Å². The molecule has 0 saturated carbocycles. The molecular formula is C12H16FN3O2. The van der Waals surface area contributed by atoms with E-state index in [0.717, 1.165) is 31.9 Å². The minimum absolute atomic E-state index is 0.243. The summed E-state index contributed by atoms with van der Waals surface area (Å²) in [4.78, 5) is 10.1. The Morgan fingerprint density at radius 2 is 2.33 bits per heavy atom. The molecule has 1 heterocycles. The molecule has 0 aromatic heterocycles. The van der Waals surface area contributed by atoms with Crippen molar-refractivity contribution in [1.82, 2.24) is 5.32 Å². The predicted octanol–water partition coefficient (Wildman–Crippen LogP) is 2.29. The molecule has 0 radical (unpaired) electrons. The van der Waals surface area contributed by atoms with Crippen molar-refractivity contribution in [3.8, 4) is 0 Å². The van der Waals surface area contributed by atoms with E-state index in [1.165, 1.54) is 12.1 Å². The van der Waals surface area contributed by atoms with E-state index in [4.69, 9.17) is 0 Å². The maximum Gasteiger partial charge on any atom is 0.327 e. The monoisotopic (exact) mass is 253 g/mol. The van der Waals surface area contributed by atoms with E-state index in [0.29, 0.717) is 12.6 Å². The second kappa shape index (κ2) is 5.77. The highest BCUT2D eigenvalue weighted by molar-refractivity contribution is 5.62. The Hall–Kier alpha value is -1.69. The van der Waals surface area contributed by atoms with Crippen molar-refractivity contribution in [1.29, 1.82) is 0 Å². The van der Waals surface area contributed by atoms with Gasteiger partial charge in [-0.3, -0.25) is 10.1 Å². The third-order valence-corrected chi connectivity index (χ3v) is 3.12. The van der Waals surface area contributed by atoms with Crippen molar-refractivity contribution in [2.24, 2.45) is 0 Å². The molecule has 1 fully saturated rings. The highest BCUT2D eigenvalue weighted by atomic mass is 19.1. The average molecular weight is 253 g/mol. The zero-order valence-corrected chi connectivity index (χ0v) is 9.99. The molecule has 0 aliphatic carbocycles. The molecule has 0 amide bonds. The first-order valence-electron chi connectivity index (χ1n) is 6.08. The zero-order chi connectivity index (χ0) is 13.0. The van der Waals surface area contributed by atoms with E-state index < -0.39 is 16.4 Å². The molecule has 5 nitrogen and oxygen atoms in total. The van der Waals surface area contributed by atoms with Gasteiger partial charge in [-0.05, 0) is 31.5 Å². The minimum Gasteiger partial charge on any atom is -0.378 e. The van der Waals surface area contributed by atoms with Gasteiger partial charge in [-0.1, -0.05) is 12.5 Å². The number of nitro benzene ring substituents is 1. The van der Waals surface area contributed by atoms with Crippen LogP contribution in [0.1, 0.15) is 19.3 Å². The lowest BCUT2D eigenvalue weighted by Crippen LogP contribution is -2.39. The van der Waals surface area contributed by atoms with Gasteiger partial charge in [0, 0.05) is 12.6 Å². The first-order valence-corrected chi connectivity index (χ1v) is 6.08. The molecule has 1 saturated heterocycles. The lowest BCUT2D eigenvalue weighted by molar-refractivity contribution is -0.386. The van der Waals surface area contributed by atoms with Crippen LogP contribution in [-0.4, -0.2) is 24.1 Å². The maximum atomic E-state index is 13.4. The maximum absolute atomic E-state index is 13.4. The molecule has 1 aromatic carbocycles. The Morgan fingerprint density at radius 3 is 3.00 bits per heavy atom. The van der Waals surface area contributed by atoms with Crippen LogP contribution < -0.4 is 10.6 Å². The predicted molar refractivity (Wildman–Crippen MR) is 67.2 cm³/mol. The van der Waals surface area contributed by atoms with Gasteiger partial charge in [0.1, 0.15) is 5.69 Å². The number of benzene rings is 1. The van der Waals surface area contributed by atoms with Gasteiger partial charge in [0.15, 0.2) is 0 Å². The van der Waals surface area contributed by atoms with Crippen LogP contribution in [0.3, 0.4) is 0 Å². The zero-order valence-electron chi connectivity index (χ0n) is 9.99. The van der Waals surface area contributed by atoms with Crippen molar-refractivity contribution in [3.63, 3.8) is 0 Å². The summed E-state index contributed by atoms with van der Waals surface area (Å²) in [6, 6.07) is 4.40. The Kier molecular flexibility index (Phi) is 4.09. The first-order chi connectivity index (χ1) is 8.68. The summed E-state index contributed by atoms with van der Waals surface area (Å²) in [6.07, 6.45) is 3.36. The highest BCUT2D eigenvalue weighted by Gasteiger charge is 2.20. The fraction of sp³-hybridized carbons (Fsp3) is 0.500. The molecule has 1 aliphatic rings. The van der Waals surface area contributed by atoms with Crippen LogP contribution in [0.2, 0.25) is 0 Å². The van der Waals surface area contributed by atoms with E-state index in [-0.39, 0.29) is 5.69 Å². The molecule has 98 valence electrons. The Labute approximate surface area is 105 Å². The molecule has 1 aromatic rings. The van der Waals surface area contributed by atoms with Gasteiger partial charge in [-0.2, -0.15) is 4.39 Å². The van der Waals surface area contributed by atoms with Gasteiger partial charge in [0.2, 0.25) is 5.82 Å².